The fourth-order valence-electron chi connectivity index (χ4n) is 2.04. The zero-order chi connectivity index (χ0) is 9.64. The summed E-state index contributed by atoms with van der Waals surface area (Å²) in [6.07, 6.45) is 0.908. The van der Waals surface area contributed by atoms with Gasteiger partial charge in [-0.15, -0.1) is 0 Å². The highest BCUT2D eigenvalue weighted by Crippen LogP contribution is 2.38. The van der Waals surface area contributed by atoms with Crippen molar-refractivity contribution in [1.29, 1.82) is 0 Å². The van der Waals surface area contributed by atoms with E-state index in [9.17, 15) is 0 Å². The smallest absolute Gasteiger partial charge is 0.163 e. The molecule has 2 heterocycles. The van der Waals surface area contributed by atoms with Gasteiger partial charge in [0, 0.05) is 6.00 Å². The molecule has 2 rings (SSSR count). The van der Waals surface area contributed by atoms with Gasteiger partial charge < -0.3 is 14.2 Å². The monoisotopic (exact) mass is 182 g/mol. The molecule has 13 heavy (non-hydrogen) atoms. The second-order valence-electron chi connectivity index (χ2n) is 4.11. The summed E-state index contributed by atoms with van der Waals surface area (Å²) in [5.41, 5.74) is 0. The lowest BCUT2D eigenvalue weighted by atomic mass is 9.93. The molecule has 0 aromatic heterocycles. The number of ether oxygens (including phenoxy) is 3. The summed E-state index contributed by atoms with van der Waals surface area (Å²) >= 11 is 0. The van der Waals surface area contributed by atoms with Crippen molar-refractivity contribution in [3.63, 3.8) is 0 Å². The fourth-order valence-corrected chi connectivity index (χ4v) is 2.04. The van der Waals surface area contributed by atoms with Gasteiger partial charge in [-0.25, -0.2) is 0 Å². The Bertz CT molecular complexity index is 207. The van der Waals surface area contributed by atoms with E-state index in [1.54, 1.807) is 0 Å². The van der Waals surface area contributed by atoms with Crippen LogP contribution in [0.1, 0.15) is 27.2 Å². The van der Waals surface area contributed by atoms with Crippen LogP contribution in [0.15, 0.2) is 0 Å². The van der Waals surface area contributed by atoms with E-state index in [4.69, 9.17) is 22.1 Å². The average molecular weight is 182 g/mol. The summed E-state index contributed by atoms with van der Waals surface area (Å²) in [6.45, 7) is 5.88. The number of rotatable bonds is 1. The minimum Gasteiger partial charge on any atom is -0.379 e. The summed E-state index contributed by atoms with van der Waals surface area (Å²) in [7, 11) is 5.78. The lowest BCUT2D eigenvalue weighted by Gasteiger charge is -2.22. The molecule has 0 amide bonds. The number of fused-ring (bicyclic) bond motifs is 1. The lowest BCUT2D eigenvalue weighted by molar-refractivity contribution is -0.179. The Balaban J connectivity index is 2.12. The molecule has 2 saturated heterocycles. The highest BCUT2D eigenvalue weighted by atomic mass is 16.8. The molecule has 2 aliphatic rings. The van der Waals surface area contributed by atoms with Crippen LogP contribution >= 0.6 is 0 Å². The molecule has 4 unspecified atom stereocenters. The maximum atomic E-state index is 5.78. The van der Waals surface area contributed by atoms with Crippen molar-refractivity contribution < 1.29 is 14.2 Å². The number of hydrogen-bond donors (Lipinski definition) is 0. The van der Waals surface area contributed by atoms with Gasteiger partial charge in [-0.1, -0.05) is 6.92 Å². The van der Waals surface area contributed by atoms with Crippen LogP contribution in [0.3, 0.4) is 0 Å². The zero-order valence-corrected chi connectivity index (χ0v) is 8.32. The summed E-state index contributed by atoms with van der Waals surface area (Å²) in [5, 5.41) is 0. The molecular weight excluding hydrogens is 167 g/mol. The molecule has 0 spiro atoms. The van der Waals surface area contributed by atoms with Gasteiger partial charge in [-0.3, -0.25) is 0 Å². The Hall–Kier alpha value is -0.0551. The molecule has 2 radical (unpaired) electrons. The highest BCUT2D eigenvalue weighted by molar-refractivity contribution is 6.11. The van der Waals surface area contributed by atoms with E-state index in [2.05, 4.69) is 6.92 Å². The second-order valence-corrected chi connectivity index (χ2v) is 4.11. The van der Waals surface area contributed by atoms with Crippen molar-refractivity contribution >= 4 is 7.85 Å². The van der Waals surface area contributed by atoms with Gasteiger partial charge in [0.2, 0.25) is 0 Å². The maximum Gasteiger partial charge on any atom is 0.163 e. The van der Waals surface area contributed by atoms with Crippen molar-refractivity contribution in [3.8, 4) is 0 Å². The molecule has 72 valence electrons. The van der Waals surface area contributed by atoms with E-state index in [1.165, 1.54) is 0 Å². The van der Waals surface area contributed by atoms with Crippen molar-refractivity contribution in [1.82, 2.24) is 0 Å². The Morgan fingerprint density at radius 1 is 1.23 bits per heavy atom. The first kappa shape index (κ1) is 9.50. The van der Waals surface area contributed by atoms with Gasteiger partial charge in [-0.05, 0) is 20.3 Å². The Kier molecular flexibility index (Phi) is 2.17. The van der Waals surface area contributed by atoms with Crippen LogP contribution in [0.5, 0.6) is 0 Å². The van der Waals surface area contributed by atoms with Gasteiger partial charge in [0.1, 0.15) is 20.1 Å². The van der Waals surface area contributed by atoms with Crippen LogP contribution in [0.4, 0.5) is 0 Å². The summed E-state index contributed by atoms with van der Waals surface area (Å²) < 4.78 is 16.9. The van der Waals surface area contributed by atoms with Crippen LogP contribution in [0, 0.1) is 0 Å². The third kappa shape index (κ3) is 1.51. The highest BCUT2D eigenvalue weighted by Gasteiger charge is 2.52. The standard InChI is InChI=1S/C9H15BO3/c1-4-5-6-7(8(10)11-5)13-9(2,3)12-6/h5-8H,4H2,1-3H3. The lowest BCUT2D eigenvalue weighted by Crippen LogP contribution is -2.29. The molecule has 4 atom stereocenters. The molecule has 2 aliphatic heterocycles. The predicted octanol–water partition coefficient (Wildman–Crippen LogP) is 0.810. The molecular formula is C9H15BO3. The quantitative estimate of drug-likeness (QED) is 0.561. The van der Waals surface area contributed by atoms with E-state index in [0.717, 1.165) is 6.42 Å². The summed E-state index contributed by atoms with van der Waals surface area (Å²) in [4.78, 5) is 0. The normalized spacial score (nSPS) is 47.9. The van der Waals surface area contributed by atoms with Crippen LogP contribution in [-0.4, -0.2) is 37.9 Å². The van der Waals surface area contributed by atoms with E-state index >= 15 is 0 Å². The van der Waals surface area contributed by atoms with E-state index < -0.39 is 5.79 Å². The third-order valence-electron chi connectivity index (χ3n) is 2.59. The van der Waals surface area contributed by atoms with Gasteiger partial charge in [0.25, 0.3) is 0 Å². The average Bonchev–Trinajstić information content (AvgIpc) is 2.47. The topological polar surface area (TPSA) is 27.7 Å². The molecule has 0 N–H and O–H groups in total. The Labute approximate surface area is 80.1 Å². The van der Waals surface area contributed by atoms with Crippen LogP contribution in [-0.2, 0) is 14.2 Å². The van der Waals surface area contributed by atoms with E-state index in [0.29, 0.717) is 0 Å². The molecule has 0 aromatic carbocycles. The molecule has 0 saturated carbocycles. The van der Waals surface area contributed by atoms with Crippen molar-refractivity contribution in [3.05, 3.63) is 0 Å². The van der Waals surface area contributed by atoms with E-state index in [-0.39, 0.29) is 24.3 Å². The molecule has 0 aliphatic carbocycles. The van der Waals surface area contributed by atoms with Crippen LogP contribution in [0.2, 0.25) is 0 Å². The summed E-state index contributed by atoms with van der Waals surface area (Å²) in [6, 6.07) is -0.336. The second kappa shape index (κ2) is 2.97. The Morgan fingerprint density at radius 2 is 1.85 bits per heavy atom. The van der Waals surface area contributed by atoms with E-state index in [1.807, 2.05) is 13.8 Å². The molecule has 2 fully saturated rings. The molecule has 4 heteroatoms. The largest absolute Gasteiger partial charge is 0.379 e. The van der Waals surface area contributed by atoms with Crippen molar-refractivity contribution in [2.24, 2.45) is 0 Å². The minimum atomic E-state index is -0.510. The molecule has 0 bridgehead atoms. The molecule has 0 aromatic rings. The van der Waals surface area contributed by atoms with Crippen molar-refractivity contribution in [2.75, 3.05) is 0 Å². The maximum absolute atomic E-state index is 5.78. The van der Waals surface area contributed by atoms with Gasteiger partial charge in [0.05, 0.1) is 6.10 Å². The van der Waals surface area contributed by atoms with Crippen LogP contribution in [0.25, 0.3) is 0 Å². The summed E-state index contributed by atoms with van der Waals surface area (Å²) in [5.74, 6) is -0.510. The van der Waals surface area contributed by atoms with Gasteiger partial charge in [0.15, 0.2) is 5.79 Å². The number of hydrogen-bond acceptors (Lipinski definition) is 3. The first-order valence-electron chi connectivity index (χ1n) is 4.80. The Morgan fingerprint density at radius 3 is 2.46 bits per heavy atom. The first-order valence-corrected chi connectivity index (χ1v) is 4.80. The molecule has 3 nitrogen and oxygen atoms in total. The predicted molar refractivity (Wildman–Crippen MR) is 48.5 cm³/mol. The van der Waals surface area contributed by atoms with Crippen molar-refractivity contribution in [2.45, 2.75) is 57.3 Å². The first-order chi connectivity index (χ1) is 6.03. The van der Waals surface area contributed by atoms with Gasteiger partial charge in [-0.2, -0.15) is 0 Å². The zero-order valence-electron chi connectivity index (χ0n) is 8.32. The minimum absolute atomic E-state index is 0.00926. The van der Waals surface area contributed by atoms with Gasteiger partial charge >= 0.3 is 0 Å². The fraction of sp³-hybridized carbons (Fsp3) is 1.00. The van der Waals surface area contributed by atoms with Crippen LogP contribution < -0.4 is 0 Å². The SMILES string of the molecule is [B]C1OC(CC)C2OC(C)(C)OC12. The third-order valence-corrected chi connectivity index (χ3v) is 2.59.